The number of nitrogens with one attached hydrogen (secondary N) is 2. The van der Waals surface area contributed by atoms with Crippen LogP contribution >= 0.6 is 0 Å². The summed E-state index contributed by atoms with van der Waals surface area (Å²) in [4.78, 5) is 6.82. The highest BCUT2D eigenvalue weighted by atomic mass is 15.2. The quantitative estimate of drug-likeness (QED) is 0.534. The number of hydrogen-bond acceptors (Lipinski definition) is 3. The molecule has 0 fully saturated rings. The monoisotopic (exact) mass is 356 g/mol. The lowest BCUT2D eigenvalue weighted by molar-refractivity contribution is 0.219. The maximum atomic E-state index is 4.36. The molecule has 0 spiro atoms. The second-order valence-electron chi connectivity index (χ2n) is 6.30. The van der Waals surface area contributed by atoms with Gasteiger partial charge >= 0.3 is 0 Å². The molecule has 142 valence electrons. The van der Waals surface area contributed by atoms with E-state index >= 15 is 0 Å². The predicted octanol–water partition coefficient (Wildman–Crippen LogP) is 2.21. The van der Waals surface area contributed by atoms with Crippen molar-refractivity contribution >= 4 is 5.96 Å². The Bertz CT molecular complexity index is 660. The van der Waals surface area contributed by atoms with Crippen LogP contribution in [0.25, 0.3) is 0 Å². The molecule has 0 bridgehead atoms. The van der Waals surface area contributed by atoms with Gasteiger partial charge in [-0.3, -0.25) is 14.6 Å². The Kier molecular flexibility index (Phi) is 8.15. The van der Waals surface area contributed by atoms with E-state index in [1.807, 2.05) is 31.2 Å². The lowest BCUT2D eigenvalue weighted by Gasteiger charge is -2.30. The van der Waals surface area contributed by atoms with E-state index in [9.17, 15) is 0 Å². The molecule has 0 amide bonds. The summed E-state index contributed by atoms with van der Waals surface area (Å²) >= 11 is 0. The number of rotatable bonds is 9. The summed E-state index contributed by atoms with van der Waals surface area (Å²) in [5.74, 6) is 0.835. The molecule has 6 heteroatoms. The van der Waals surface area contributed by atoms with E-state index in [4.69, 9.17) is 0 Å². The van der Waals surface area contributed by atoms with Crippen molar-refractivity contribution in [3.8, 4) is 0 Å². The Balaban J connectivity index is 1.90. The van der Waals surface area contributed by atoms with E-state index in [2.05, 4.69) is 69.8 Å². The van der Waals surface area contributed by atoms with Crippen molar-refractivity contribution in [3.63, 3.8) is 0 Å². The van der Waals surface area contributed by atoms with Crippen LogP contribution in [0.5, 0.6) is 0 Å². The van der Waals surface area contributed by atoms with Gasteiger partial charge in [0, 0.05) is 33.4 Å². The van der Waals surface area contributed by atoms with Gasteiger partial charge in [0.25, 0.3) is 0 Å². The smallest absolute Gasteiger partial charge is 0.191 e. The molecule has 6 nitrogen and oxygen atoms in total. The Labute approximate surface area is 157 Å². The molecule has 1 unspecified atom stereocenters. The van der Waals surface area contributed by atoms with Gasteiger partial charge in [-0.25, -0.2) is 0 Å². The van der Waals surface area contributed by atoms with Crippen LogP contribution in [0.2, 0.25) is 0 Å². The lowest BCUT2D eigenvalue weighted by Crippen LogP contribution is -2.43. The first-order chi connectivity index (χ1) is 12.7. The van der Waals surface area contributed by atoms with E-state index < -0.39 is 0 Å². The second kappa shape index (κ2) is 10.6. The van der Waals surface area contributed by atoms with Crippen molar-refractivity contribution in [1.82, 2.24) is 25.3 Å². The predicted molar refractivity (Wildman–Crippen MR) is 108 cm³/mol. The minimum atomic E-state index is 0.322. The fraction of sp³-hybridized carbons (Fsp3) is 0.500. The van der Waals surface area contributed by atoms with Crippen LogP contribution in [0.4, 0.5) is 0 Å². The first-order valence-corrected chi connectivity index (χ1v) is 9.38. The van der Waals surface area contributed by atoms with E-state index in [0.29, 0.717) is 6.04 Å². The Morgan fingerprint density at radius 2 is 1.92 bits per heavy atom. The third-order valence-electron chi connectivity index (χ3n) is 4.59. The van der Waals surface area contributed by atoms with Crippen molar-refractivity contribution in [1.29, 1.82) is 0 Å². The van der Waals surface area contributed by atoms with Gasteiger partial charge in [0.2, 0.25) is 0 Å². The van der Waals surface area contributed by atoms with Crippen LogP contribution in [0.1, 0.15) is 31.0 Å². The van der Waals surface area contributed by atoms with Crippen molar-refractivity contribution < 1.29 is 0 Å². The molecule has 26 heavy (non-hydrogen) atoms. The van der Waals surface area contributed by atoms with Gasteiger partial charge in [-0.2, -0.15) is 5.10 Å². The SMILES string of the molecule is CCN(CC)C(CNC(=NC)NCCc1cnn(C)c1)c1ccccc1. The molecule has 2 N–H and O–H groups in total. The van der Waals surface area contributed by atoms with Gasteiger partial charge in [0.15, 0.2) is 5.96 Å². The van der Waals surface area contributed by atoms with Gasteiger partial charge in [-0.15, -0.1) is 0 Å². The van der Waals surface area contributed by atoms with Crippen LogP contribution < -0.4 is 10.6 Å². The molecule has 1 heterocycles. The molecule has 1 aromatic heterocycles. The highest BCUT2D eigenvalue weighted by Gasteiger charge is 2.18. The largest absolute Gasteiger partial charge is 0.356 e. The number of aromatic nitrogens is 2. The number of aliphatic imine (C=N–C) groups is 1. The molecule has 2 aromatic rings. The molecular weight excluding hydrogens is 324 g/mol. The number of aryl methyl sites for hydroxylation is 1. The number of benzene rings is 1. The fourth-order valence-corrected chi connectivity index (χ4v) is 3.14. The third kappa shape index (κ3) is 5.88. The standard InChI is InChI=1S/C20H32N6/c1-5-26(6-2)19(18-10-8-7-9-11-18)15-23-20(21-3)22-13-12-17-14-24-25(4)16-17/h7-11,14,16,19H,5-6,12-13,15H2,1-4H3,(H2,21,22,23). The summed E-state index contributed by atoms with van der Waals surface area (Å²) in [6, 6.07) is 11.0. The number of likely N-dealkylation sites (N-methyl/N-ethyl adjacent to an activating group) is 1. The summed E-state index contributed by atoms with van der Waals surface area (Å²) in [5, 5.41) is 11.1. The normalized spacial score (nSPS) is 13.0. The van der Waals surface area contributed by atoms with E-state index in [0.717, 1.165) is 38.6 Å². The highest BCUT2D eigenvalue weighted by molar-refractivity contribution is 5.79. The molecular formula is C20H32N6. The summed E-state index contributed by atoms with van der Waals surface area (Å²) in [6.07, 6.45) is 4.88. The van der Waals surface area contributed by atoms with Crippen molar-refractivity contribution in [2.24, 2.45) is 12.0 Å². The van der Waals surface area contributed by atoms with Crippen LogP contribution in [0.15, 0.2) is 47.7 Å². The Hall–Kier alpha value is -2.34. The summed E-state index contributed by atoms with van der Waals surface area (Å²) in [7, 11) is 3.75. The van der Waals surface area contributed by atoms with Crippen LogP contribution in [-0.2, 0) is 13.5 Å². The minimum absolute atomic E-state index is 0.322. The van der Waals surface area contributed by atoms with Gasteiger partial charge in [-0.05, 0) is 30.6 Å². The zero-order valence-electron chi connectivity index (χ0n) is 16.4. The van der Waals surface area contributed by atoms with Crippen LogP contribution in [0, 0.1) is 0 Å². The van der Waals surface area contributed by atoms with E-state index in [1.165, 1.54) is 11.1 Å². The summed E-state index contributed by atoms with van der Waals surface area (Å²) < 4.78 is 1.83. The zero-order valence-corrected chi connectivity index (χ0v) is 16.4. The first kappa shape index (κ1) is 20.0. The molecule has 1 atom stereocenters. The number of nitrogens with zero attached hydrogens (tertiary/aromatic N) is 4. The first-order valence-electron chi connectivity index (χ1n) is 9.38. The van der Waals surface area contributed by atoms with Crippen molar-refractivity contribution in [2.75, 3.05) is 33.2 Å². The second-order valence-corrected chi connectivity index (χ2v) is 6.30. The maximum absolute atomic E-state index is 4.36. The average molecular weight is 357 g/mol. The van der Waals surface area contributed by atoms with Gasteiger partial charge in [-0.1, -0.05) is 44.2 Å². The van der Waals surface area contributed by atoms with E-state index in [1.54, 1.807) is 0 Å². The average Bonchev–Trinajstić information content (AvgIpc) is 3.09. The summed E-state index contributed by atoms with van der Waals surface area (Å²) in [6.45, 7) is 8.10. The fourth-order valence-electron chi connectivity index (χ4n) is 3.14. The molecule has 1 aromatic carbocycles. The molecule has 0 radical (unpaired) electrons. The molecule has 0 aliphatic rings. The molecule has 0 aliphatic carbocycles. The molecule has 0 saturated heterocycles. The lowest BCUT2D eigenvalue weighted by atomic mass is 10.1. The van der Waals surface area contributed by atoms with Crippen LogP contribution in [0.3, 0.4) is 0 Å². The van der Waals surface area contributed by atoms with Crippen molar-refractivity contribution in [3.05, 3.63) is 53.9 Å². The topological polar surface area (TPSA) is 57.5 Å². The Morgan fingerprint density at radius 1 is 1.19 bits per heavy atom. The minimum Gasteiger partial charge on any atom is -0.356 e. The third-order valence-corrected chi connectivity index (χ3v) is 4.59. The molecule has 0 saturated carbocycles. The Morgan fingerprint density at radius 3 is 2.50 bits per heavy atom. The molecule has 0 aliphatic heterocycles. The van der Waals surface area contributed by atoms with E-state index in [-0.39, 0.29) is 0 Å². The maximum Gasteiger partial charge on any atom is 0.191 e. The van der Waals surface area contributed by atoms with Gasteiger partial charge in [0.1, 0.15) is 0 Å². The number of guanidine groups is 1. The van der Waals surface area contributed by atoms with Gasteiger partial charge in [0.05, 0.1) is 12.2 Å². The molecule has 2 rings (SSSR count). The zero-order chi connectivity index (χ0) is 18.8. The highest BCUT2D eigenvalue weighted by Crippen LogP contribution is 2.19. The van der Waals surface area contributed by atoms with Gasteiger partial charge < -0.3 is 10.6 Å². The summed E-state index contributed by atoms with van der Waals surface area (Å²) in [5.41, 5.74) is 2.55. The number of hydrogen-bond donors (Lipinski definition) is 2. The van der Waals surface area contributed by atoms with Crippen molar-refractivity contribution in [2.45, 2.75) is 26.3 Å². The van der Waals surface area contributed by atoms with Crippen LogP contribution in [-0.4, -0.2) is 53.9 Å².